The zero-order valence-corrected chi connectivity index (χ0v) is 20.6. The minimum absolute atomic E-state index is 0.532. The van der Waals surface area contributed by atoms with E-state index in [1.54, 1.807) is 8.92 Å². The summed E-state index contributed by atoms with van der Waals surface area (Å²) in [6.45, 7) is 4.64. The van der Waals surface area contributed by atoms with Crippen molar-refractivity contribution in [1.29, 1.82) is 0 Å². The van der Waals surface area contributed by atoms with Crippen LogP contribution in [0.2, 0.25) is 3.21 Å². The van der Waals surface area contributed by atoms with E-state index in [1.807, 2.05) is 0 Å². The fourth-order valence-electron chi connectivity index (χ4n) is 3.40. The molecule has 0 aliphatic heterocycles. The zero-order valence-electron chi connectivity index (χ0n) is 17.2. The van der Waals surface area contributed by atoms with Gasteiger partial charge >= 0.3 is 181 Å². The average Bonchev–Trinajstić information content (AvgIpc) is 2.70. The van der Waals surface area contributed by atoms with Crippen LogP contribution < -0.4 is 8.92 Å². The Morgan fingerprint density at radius 1 is 0.556 bits per heavy atom. The van der Waals surface area contributed by atoms with Crippen molar-refractivity contribution in [3.05, 3.63) is 60.7 Å². The first kappa shape index (κ1) is 22.8. The van der Waals surface area contributed by atoms with Crippen LogP contribution in [-0.2, 0) is 0 Å². The monoisotopic (exact) mass is 496 g/mol. The first-order chi connectivity index (χ1) is 13.3. The van der Waals surface area contributed by atoms with E-state index in [1.165, 1.54) is 64.2 Å². The molecule has 0 aliphatic carbocycles. The van der Waals surface area contributed by atoms with E-state index in [2.05, 4.69) is 74.5 Å². The maximum absolute atomic E-state index is 2.37. The summed E-state index contributed by atoms with van der Waals surface area (Å²) in [5.41, 5.74) is 0. The first-order valence-electron chi connectivity index (χ1n) is 10.8. The van der Waals surface area contributed by atoms with Crippen molar-refractivity contribution < 1.29 is 0 Å². The third-order valence-electron chi connectivity index (χ3n) is 4.92. The Labute approximate surface area is 180 Å². The molecule has 0 N–H and O–H groups in total. The van der Waals surface area contributed by atoms with Crippen molar-refractivity contribution >= 4 is 38.8 Å². The molecular formula is C25H36Se2. The molecule has 0 nitrogen and oxygen atoms in total. The topological polar surface area (TPSA) is 0 Å². The number of rotatable bonds is 14. The van der Waals surface area contributed by atoms with Crippen LogP contribution in [0.4, 0.5) is 0 Å². The molecule has 148 valence electrons. The van der Waals surface area contributed by atoms with E-state index in [9.17, 15) is 0 Å². The molecule has 2 aromatic rings. The molecule has 0 atom stereocenters. The molecule has 0 heterocycles. The Morgan fingerprint density at radius 3 is 1.33 bits per heavy atom. The van der Waals surface area contributed by atoms with Crippen LogP contribution in [0.1, 0.15) is 78.1 Å². The Kier molecular flexibility index (Phi) is 11.5. The second kappa shape index (κ2) is 13.6. The van der Waals surface area contributed by atoms with Gasteiger partial charge in [-0.15, -0.1) is 0 Å². The van der Waals surface area contributed by atoms with Gasteiger partial charge in [0.25, 0.3) is 0 Å². The van der Waals surface area contributed by atoms with Crippen molar-refractivity contribution in [2.75, 3.05) is 0 Å². The molecule has 2 heteroatoms. The molecule has 0 amide bonds. The molecule has 0 aromatic heterocycles. The summed E-state index contributed by atoms with van der Waals surface area (Å²) in [5.74, 6) is 0. The predicted molar refractivity (Wildman–Crippen MR) is 124 cm³/mol. The second-order valence-electron chi connectivity index (χ2n) is 7.36. The summed E-state index contributed by atoms with van der Waals surface area (Å²) in [5, 5.41) is 0. The average molecular weight is 494 g/mol. The van der Waals surface area contributed by atoms with Gasteiger partial charge in [0.1, 0.15) is 0 Å². The Balaban J connectivity index is 2.17. The Morgan fingerprint density at radius 2 is 0.963 bits per heavy atom. The Bertz CT molecular complexity index is 539. The fourth-order valence-corrected chi connectivity index (χ4v) is 11.1. The SMILES string of the molecule is CCCCCCC(CCCCCC)([Se]c1ccccc1)[Se]c1ccccc1. The molecule has 0 spiro atoms. The summed E-state index contributed by atoms with van der Waals surface area (Å²) in [6, 6.07) is 22.7. The van der Waals surface area contributed by atoms with Crippen molar-refractivity contribution in [3.8, 4) is 0 Å². The standard InChI is InChI=1S/C25H36Se2/c1-3-5-7-15-21-25(22-16-8-6-4-2,26-23-17-11-9-12-18-23)27-24-19-13-10-14-20-24/h9-14,17-20H,3-8,15-16,21-22H2,1-2H3. The summed E-state index contributed by atoms with van der Waals surface area (Å²) in [6.07, 6.45) is 13.9. The Hall–Kier alpha value is -0.521. The number of benzene rings is 2. The van der Waals surface area contributed by atoms with Gasteiger partial charge < -0.3 is 0 Å². The van der Waals surface area contributed by atoms with E-state index >= 15 is 0 Å². The molecule has 0 radical (unpaired) electrons. The van der Waals surface area contributed by atoms with Gasteiger partial charge in [-0.2, -0.15) is 0 Å². The van der Waals surface area contributed by atoms with E-state index in [-0.39, 0.29) is 0 Å². The van der Waals surface area contributed by atoms with E-state index in [4.69, 9.17) is 0 Å². The van der Waals surface area contributed by atoms with Gasteiger partial charge in [0.15, 0.2) is 0 Å². The van der Waals surface area contributed by atoms with Crippen molar-refractivity contribution in [2.24, 2.45) is 0 Å². The second-order valence-corrected chi connectivity index (χ2v) is 14.8. The predicted octanol–water partition coefficient (Wildman–Crippen LogP) is 6.10. The van der Waals surface area contributed by atoms with E-state index in [0.717, 1.165) is 0 Å². The molecule has 0 saturated carbocycles. The summed E-state index contributed by atoms with van der Waals surface area (Å²) in [4.78, 5) is 0. The maximum atomic E-state index is 2.37. The number of unbranched alkanes of at least 4 members (excludes halogenated alkanes) is 6. The minimum atomic E-state index is 0.532. The van der Waals surface area contributed by atoms with Crippen LogP contribution in [0.15, 0.2) is 60.7 Å². The molecule has 2 aromatic carbocycles. The molecule has 27 heavy (non-hydrogen) atoms. The van der Waals surface area contributed by atoms with Crippen LogP contribution in [0, 0.1) is 0 Å². The van der Waals surface area contributed by atoms with Gasteiger partial charge in [0, 0.05) is 0 Å². The van der Waals surface area contributed by atoms with Crippen LogP contribution in [0.5, 0.6) is 0 Å². The molecule has 0 fully saturated rings. The van der Waals surface area contributed by atoms with Gasteiger partial charge in [-0.05, 0) is 0 Å². The fraction of sp³-hybridized carbons (Fsp3) is 0.520. The molecule has 0 aliphatic rings. The van der Waals surface area contributed by atoms with Crippen molar-refractivity contribution in [3.63, 3.8) is 0 Å². The molecule has 0 saturated heterocycles. The van der Waals surface area contributed by atoms with Crippen LogP contribution in [-0.4, -0.2) is 29.9 Å². The van der Waals surface area contributed by atoms with E-state index in [0.29, 0.717) is 33.1 Å². The van der Waals surface area contributed by atoms with Gasteiger partial charge in [-0.1, -0.05) is 0 Å². The number of hydrogen-bond acceptors (Lipinski definition) is 0. The van der Waals surface area contributed by atoms with E-state index < -0.39 is 0 Å². The van der Waals surface area contributed by atoms with Gasteiger partial charge in [0.05, 0.1) is 0 Å². The van der Waals surface area contributed by atoms with Gasteiger partial charge in [-0.25, -0.2) is 0 Å². The molecule has 0 bridgehead atoms. The third kappa shape index (κ3) is 9.01. The first-order valence-corrected chi connectivity index (χ1v) is 14.2. The van der Waals surface area contributed by atoms with Gasteiger partial charge in [-0.3, -0.25) is 0 Å². The molecular weight excluding hydrogens is 458 g/mol. The van der Waals surface area contributed by atoms with Crippen molar-refractivity contribution in [2.45, 2.75) is 81.3 Å². The quantitative estimate of drug-likeness (QED) is 0.220. The zero-order chi connectivity index (χ0) is 19.2. The summed E-state index contributed by atoms with van der Waals surface area (Å²) < 4.78 is 3.71. The summed E-state index contributed by atoms with van der Waals surface area (Å²) >= 11 is 1.12. The normalized spacial score (nSPS) is 11.6. The van der Waals surface area contributed by atoms with Crippen molar-refractivity contribution in [1.82, 2.24) is 0 Å². The molecule has 0 unspecified atom stereocenters. The molecule has 2 rings (SSSR count). The summed E-state index contributed by atoms with van der Waals surface area (Å²) in [7, 11) is 0. The van der Waals surface area contributed by atoms with Crippen LogP contribution >= 0.6 is 0 Å². The van der Waals surface area contributed by atoms with Crippen LogP contribution in [0.25, 0.3) is 0 Å². The number of hydrogen-bond donors (Lipinski definition) is 0. The third-order valence-corrected chi connectivity index (χ3v) is 12.1. The van der Waals surface area contributed by atoms with Gasteiger partial charge in [0.2, 0.25) is 0 Å². The van der Waals surface area contributed by atoms with Crippen LogP contribution in [0.3, 0.4) is 0 Å².